The molecule has 3 rings (SSSR count). The maximum absolute atomic E-state index is 11.6. The van der Waals surface area contributed by atoms with Crippen LogP contribution in [0.3, 0.4) is 0 Å². The summed E-state index contributed by atoms with van der Waals surface area (Å²) in [5.41, 5.74) is 1.67. The number of nitrogens with zero attached hydrogens (tertiary/aromatic N) is 2. The van der Waals surface area contributed by atoms with Gasteiger partial charge in [0.25, 0.3) is 0 Å². The molecule has 1 saturated heterocycles. The maximum Gasteiger partial charge on any atom is 0.152 e. The highest BCUT2D eigenvalue weighted by Crippen LogP contribution is 2.39. The van der Waals surface area contributed by atoms with Crippen LogP contribution in [-0.4, -0.2) is 37.3 Å². The van der Waals surface area contributed by atoms with E-state index in [2.05, 4.69) is 12.1 Å². The van der Waals surface area contributed by atoms with Gasteiger partial charge in [-0.2, -0.15) is 5.26 Å². The van der Waals surface area contributed by atoms with Crippen LogP contribution in [-0.2, 0) is 9.84 Å². The number of halogens is 1. The predicted molar refractivity (Wildman–Crippen MR) is 108 cm³/mol. The largest absolute Gasteiger partial charge is 0.244 e. The van der Waals surface area contributed by atoms with Crippen LogP contribution in [0.15, 0.2) is 51.1 Å². The first kappa shape index (κ1) is 19.6. The van der Waals surface area contributed by atoms with Crippen molar-refractivity contribution >= 4 is 45.1 Å². The van der Waals surface area contributed by atoms with Gasteiger partial charge < -0.3 is 0 Å². The van der Waals surface area contributed by atoms with Crippen molar-refractivity contribution in [2.45, 2.75) is 21.6 Å². The number of hydrogen-bond acceptors (Lipinski definition) is 6. The Bertz CT molecular complexity index is 937. The highest BCUT2D eigenvalue weighted by atomic mass is 35.5. The van der Waals surface area contributed by atoms with E-state index in [9.17, 15) is 13.7 Å². The molecule has 26 heavy (non-hydrogen) atoms. The Labute approximate surface area is 167 Å². The van der Waals surface area contributed by atoms with E-state index in [0.717, 1.165) is 20.2 Å². The van der Waals surface area contributed by atoms with Crippen LogP contribution in [0.25, 0.3) is 0 Å². The summed E-state index contributed by atoms with van der Waals surface area (Å²) in [6.45, 7) is 2.98. The van der Waals surface area contributed by atoms with Crippen molar-refractivity contribution in [2.75, 3.05) is 24.6 Å². The van der Waals surface area contributed by atoms with Crippen LogP contribution in [0, 0.1) is 18.3 Å². The number of aryl methyl sites for hydroxylation is 1. The zero-order valence-electron chi connectivity index (χ0n) is 14.1. The Balaban J connectivity index is 1.85. The smallest absolute Gasteiger partial charge is 0.152 e. The fraction of sp³-hybridized carbons (Fsp3) is 0.278. The van der Waals surface area contributed by atoms with Crippen LogP contribution in [0.2, 0.25) is 5.02 Å². The van der Waals surface area contributed by atoms with Crippen molar-refractivity contribution in [3.8, 4) is 6.07 Å². The lowest BCUT2D eigenvalue weighted by molar-refractivity contribution is 0.489. The second-order valence-electron chi connectivity index (χ2n) is 6.01. The van der Waals surface area contributed by atoms with Gasteiger partial charge in [0.05, 0.1) is 23.1 Å². The van der Waals surface area contributed by atoms with E-state index >= 15 is 0 Å². The summed E-state index contributed by atoms with van der Waals surface area (Å²) in [5, 5.41) is 9.90. The molecule has 0 radical (unpaired) electrons. The fourth-order valence-electron chi connectivity index (χ4n) is 2.55. The maximum atomic E-state index is 11.6. The van der Waals surface area contributed by atoms with E-state index in [-0.39, 0.29) is 11.5 Å². The molecule has 2 aromatic carbocycles. The summed E-state index contributed by atoms with van der Waals surface area (Å²) >= 11 is 9.26. The van der Waals surface area contributed by atoms with E-state index in [4.69, 9.17) is 11.6 Å². The Hall–Kier alpha value is -1.17. The van der Waals surface area contributed by atoms with E-state index in [1.54, 1.807) is 17.8 Å². The van der Waals surface area contributed by atoms with Crippen molar-refractivity contribution in [3.63, 3.8) is 0 Å². The van der Waals surface area contributed by atoms with Gasteiger partial charge in [-0.15, -0.1) is 0 Å². The minimum atomic E-state index is -2.92. The van der Waals surface area contributed by atoms with Crippen molar-refractivity contribution in [2.24, 2.45) is 0 Å². The number of benzene rings is 2. The lowest BCUT2D eigenvalue weighted by Crippen LogP contribution is -2.36. The summed E-state index contributed by atoms with van der Waals surface area (Å²) < 4.78 is 25.3. The Morgan fingerprint density at radius 3 is 2.50 bits per heavy atom. The molecule has 0 bridgehead atoms. The average molecular weight is 425 g/mol. The standard InChI is InChI=1S/C18H17ClN2O2S3/c1-13-8-15(19)11-16(9-13)24-17-3-2-14(12-20)10-18(17)25-21-4-6-26(22,23)7-5-21/h2-3,8-11H,4-7H2,1H3. The monoisotopic (exact) mass is 424 g/mol. The van der Waals surface area contributed by atoms with Gasteiger partial charge in [-0.25, -0.2) is 12.7 Å². The first-order chi connectivity index (χ1) is 12.3. The highest BCUT2D eigenvalue weighted by molar-refractivity contribution is 8.01. The lowest BCUT2D eigenvalue weighted by Gasteiger charge is -2.26. The van der Waals surface area contributed by atoms with Crippen molar-refractivity contribution in [1.82, 2.24) is 4.31 Å². The molecule has 4 nitrogen and oxygen atoms in total. The van der Waals surface area contributed by atoms with Gasteiger partial charge in [0, 0.05) is 32.8 Å². The summed E-state index contributed by atoms with van der Waals surface area (Å²) in [7, 11) is -2.92. The number of hydrogen-bond donors (Lipinski definition) is 0. The average Bonchev–Trinajstić information content (AvgIpc) is 2.57. The lowest BCUT2D eigenvalue weighted by atomic mass is 10.2. The molecule has 8 heteroatoms. The predicted octanol–water partition coefficient (Wildman–Crippen LogP) is 4.41. The molecular formula is C18H17ClN2O2S3. The van der Waals surface area contributed by atoms with Crippen LogP contribution in [0.4, 0.5) is 0 Å². The molecule has 1 aliphatic rings. The zero-order chi connectivity index (χ0) is 18.7. The molecule has 0 spiro atoms. The third-order valence-corrected chi connectivity index (χ3v) is 8.01. The van der Waals surface area contributed by atoms with Crippen LogP contribution in [0.1, 0.15) is 11.1 Å². The fourth-order valence-corrected chi connectivity index (χ4v) is 6.53. The van der Waals surface area contributed by atoms with Gasteiger partial charge >= 0.3 is 0 Å². The quantitative estimate of drug-likeness (QED) is 0.677. The minimum Gasteiger partial charge on any atom is -0.244 e. The molecule has 136 valence electrons. The summed E-state index contributed by atoms with van der Waals surface area (Å²) in [5.74, 6) is 0.349. The first-order valence-electron chi connectivity index (χ1n) is 7.97. The number of nitriles is 1. The summed E-state index contributed by atoms with van der Waals surface area (Å²) in [6.07, 6.45) is 0. The number of rotatable bonds is 4. The second-order valence-corrected chi connectivity index (χ2v) is 11.0. The summed E-state index contributed by atoms with van der Waals surface area (Å²) in [6, 6.07) is 13.6. The third-order valence-electron chi connectivity index (χ3n) is 3.85. The molecule has 0 atom stereocenters. The van der Waals surface area contributed by atoms with Crippen molar-refractivity contribution < 1.29 is 8.42 Å². The van der Waals surface area contributed by atoms with E-state index in [1.807, 2.05) is 35.5 Å². The molecule has 0 aromatic heterocycles. The molecule has 0 amide bonds. The third kappa shape index (κ3) is 5.18. The zero-order valence-corrected chi connectivity index (χ0v) is 17.3. The van der Waals surface area contributed by atoms with Crippen molar-refractivity contribution in [3.05, 3.63) is 52.5 Å². The molecule has 0 N–H and O–H groups in total. The molecule has 2 aromatic rings. The molecule has 1 heterocycles. The van der Waals surface area contributed by atoms with Gasteiger partial charge in [-0.3, -0.25) is 0 Å². The van der Waals surface area contributed by atoms with Gasteiger partial charge in [0.2, 0.25) is 0 Å². The Kier molecular flexibility index (Phi) is 6.21. The van der Waals surface area contributed by atoms with Gasteiger partial charge in [0.1, 0.15) is 0 Å². The van der Waals surface area contributed by atoms with Gasteiger partial charge in [-0.1, -0.05) is 23.4 Å². The van der Waals surface area contributed by atoms with Crippen LogP contribution >= 0.6 is 35.3 Å². The Morgan fingerprint density at radius 1 is 1.12 bits per heavy atom. The molecule has 0 saturated carbocycles. The topological polar surface area (TPSA) is 61.2 Å². The number of sulfone groups is 1. The van der Waals surface area contributed by atoms with Crippen LogP contribution < -0.4 is 0 Å². The SMILES string of the molecule is Cc1cc(Cl)cc(Sc2ccc(C#N)cc2SN2CCS(=O)(=O)CC2)c1. The summed E-state index contributed by atoms with van der Waals surface area (Å²) in [4.78, 5) is 3.00. The van der Waals surface area contributed by atoms with Crippen molar-refractivity contribution in [1.29, 1.82) is 5.26 Å². The molecule has 0 unspecified atom stereocenters. The minimum absolute atomic E-state index is 0.175. The Morgan fingerprint density at radius 2 is 1.85 bits per heavy atom. The molecule has 0 aliphatic carbocycles. The van der Waals surface area contributed by atoms with Gasteiger partial charge in [-0.05, 0) is 60.8 Å². The molecular weight excluding hydrogens is 408 g/mol. The van der Waals surface area contributed by atoms with Gasteiger partial charge in [0.15, 0.2) is 9.84 Å². The molecule has 1 fully saturated rings. The highest BCUT2D eigenvalue weighted by Gasteiger charge is 2.23. The second kappa shape index (κ2) is 8.24. The van der Waals surface area contributed by atoms with E-state index in [1.165, 1.54) is 11.9 Å². The van der Waals surface area contributed by atoms with E-state index in [0.29, 0.717) is 23.7 Å². The normalized spacial score (nSPS) is 17.0. The molecule has 1 aliphatic heterocycles. The van der Waals surface area contributed by atoms with Crippen LogP contribution in [0.5, 0.6) is 0 Å². The first-order valence-corrected chi connectivity index (χ1v) is 11.8. The van der Waals surface area contributed by atoms with E-state index < -0.39 is 9.84 Å².